The number of hydrogen-bond donors (Lipinski definition) is 0. The Bertz CT molecular complexity index is 1320. The van der Waals surface area contributed by atoms with Crippen LogP contribution in [0.1, 0.15) is 24.5 Å². The lowest BCUT2D eigenvalue weighted by Gasteiger charge is -2.12. The number of benzene rings is 4. The molecule has 4 aromatic carbocycles. The topological polar surface area (TPSA) is 9.23 Å². The van der Waals surface area contributed by atoms with Crippen LogP contribution in [0.2, 0.25) is 5.02 Å². The maximum Gasteiger partial charge on any atom is 0.145 e. The highest BCUT2D eigenvalue weighted by Gasteiger charge is 2.16. The summed E-state index contributed by atoms with van der Waals surface area (Å²) in [6.07, 6.45) is 1.11. The van der Waals surface area contributed by atoms with E-state index in [1.54, 1.807) is 12.1 Å². The van der Waals surface area contributed by atoms with Gasteiger partial charge >= 0.3 is 0 Å². The zero-order valence-electron chi connectivity index (χ0n) is 18.2. The summed E-state index contributed by atoms with van der Waals surface area (Å²) in [4.78, 5) is 0. The fourth-order valence-corrected chi connectivity index (χ4v) is 3.95. The number of hydrogen-bond acceptors (Lipinski definition) is 1. The highest BCUT2D eigenvalue weighted by molar-refractivity contribution is 6.30. The molecule has 1 nitrogen and oxygen atoms in total. The standard InChI is InChI=1S/C27H20ClF5O/c1-2-9-34-19-13-21(29)25(22(30)14-19)18-7-8-20-17(12-18)6-5-16(27(20)33)4-3-15-10-23(31)26(28)24(32)11-15/h5-8,10-14H,2-4,9H2,1H3. The third-order valence-corrected chi connectivity index (χ3v) is 5.90. The smallest absolute Gasteiger partial charge is 0.145 e. The molecule has 0 aliphatic carbocycles. The summed E-state index contributed by atoms with van der Waals surface area (Å²) in [5, 5.41) is 0.165. The van der Waals surface area contributed by atoms with Gasteiger partial charge in [0, 0.05) is 17.5 Å². The molecule has 176 valence electrons. The van der Waals surface area contributed by atoms with Crippen LogP contribution >= 0.6 is 11.6 Å². The van der Waals surface area contributed by atoms with Crippen LogP contribution in [0, 0.1) is 29.1 Å². The molecule has 0 aliphatic heterocycles. The Morgan fingerprint density at radius 3 is 2.09 bits per heavy atom. The minimum absolute atomic E-state index is 0.109. The number of halogens is 6. The van der Waals surface area contributed by atoms with E-state index >= 15 is 4.39 Å². The molecule has 0 spiro atoms. The normalized spacial score (nSPS) is 11.3. The number of ether oxygens (including phenoxy) is 1. The van der Waals surface area contributed by atoms with Crippen LogP contribution in [0.4, 0.5) is 22.0 Å². The van der Waals surface area contributed by atoms with Crippen LogP contribution in [0.5, 0.6) is 5.75 Å². The lowest BCUT2D eigenvalue weighted by atomic mass is 9.96. The molecule has 0 radical (unpaired) electrons. The van der Waals surface area contributed by atoms with Crippen molar-refractivity contribution in [3.8, 4) is 16.9 Å². The Balaban J connectivity index is 1.61. The van der Waals surface area contributed by atoms with E-state index in [4.69, 9.17) is 16.3 Å². The summed E-state index contributed by atoms with van der Waals surface area (Å²) in [6, 6.07) is 12.1. The van der Waals surface area contributed by atoms with Crippen molar-refractivity contribution in [2.75, 3.05) is 6.61 Å². The van der Waals surface area contributed by atoms with Crippen molar-refractivity contribution in [1.82, 2.24) is 0 Å². The molecule has 0 saturated carbocycles. The molecule has 7 heteroatoms. The minimum Gasteiger partial charge on any atom is -0.493 e. The molecule has 4 aromatic rings. The molecule has 0 heterocycles. The SMILES string of the molecule is CCCOc1cc(F)c(-c2ccc3c(F)c(CCc4cc(F)c(Cl)c(F)c4)ccc3c2)c(F)c1. The molecule has 34 heavy (non-hydrogen) atoms. The molecule has 0 bridgehead atoms. The van der Waals surface area contributed by atoms with Crippen molar-refractivity contribution in [2.45, 2.75) is 26.2 Å². The molecular formula is C27H20ClF5O. The van der Waals surface area contributed by atoms with Crippen LogP contribution in [0.3, 0.4) is 0 Å². The maximum absolute atomic E-state index is 15.1. The van der Waals surface area contributed by atoms with Gasteiger partial charge in [-0.25, -0.2) is 22.0 Å². The Morgan fingerprint density at radius 1 is 0.765 bits per heavy atom. The molecule has 0 atom stereocenters. The summed E-state index contributed by atoms with van der Waals surface area (Å²) in [7, 11) is 0. The third kappa shape index (κ3) is 4.87. The first-order valence-corrected chi connectivity index (χ1v) is 11.1. The van der Waals surface area contributed by atoms with E-state index in [-0.39, 0.29) is 35.1 Å². The summed E-state index contributed by atoms with van der Waals surface area (Å²) >= 11 is 5.50. The van der Waals surface area contributed by atoms with Gasteiger partial charge in [0.2, 0.25) is 0 Å². The maximum atomic E-state index is 15.1. The highest BCUT2D eigenvalue weighted by atomic mass is 35.5. The van der Waals surface area contributed by atoms with Gasteiger partial charge in [-0.1, -0.05) is 42.8 Å². The first-order valence-electron chi connectivity index (χ1n) is 10.7. The Morgan fingerprint density at radius 2 is 1.44 bits per heavy atom. The largest absolute Gasteiger partial charge is 0.493 e. The molecule has 0 fully saturated rings. The number of fused-ring (bicyclic) bond motifs is 1. The third-order valence-electron chi connectivity index (χ3n) is 5.54. The van der Waals surface area contributed by atoms with Gasteiger partial charge in [-0.15, -0.1) is 0 Å². The summed E-state index contributed by atoms with van der Waals surface area (Å²) < 4.78 is 77.1. The van der Waals surface area contributed by atoms with E-state index < -0.39 is 34.1 Å². The Kier molecular flexibility index (Phi) is 7.08. The fraction of sp³-hybridized carbons (Fsp3) is 0.185. The Labute approximate surface area is 198 Å². The predicted molar refractivity (Wildman–Crippen MR) is 124 cm³/mol. The quantitative estimate of drug-likeness (QED) is 0.186. The average molecular weight is 491 g/mol. The molecule has 0 aliphatic rings. The second-order valence-corrected chi connectivity index (χ2v) is 8.34. The van der Waals surface area contributed by atoms with E-state index in [9.17, 15) is 17.6 Å². The second kappa shape index (κ2) is 10.0. The molecule has 0 unspecified atom stereocenters. The van der Waals surface area contributed by atoms with Gasteiger partial charge in [0.05, 0.1) is 12.2 Å². The van der Waals surface area contributed by atoms with Crippen molar-refractivity contribution < 1.29 is 26.7 Å². The van der Waals surface area contributed by atoms with E-state index in [0.717, 1.165) is 24.3 Å². The van der Waals surface area contributed by atoms with E-state index in [0.29, 0.717) is 29.5 Å². The van der Waals surface area contributed by atoms with Gasteiger partial charge in [-0.05, 0) is 59.5 Å². The number of rotatable bonds is 7. The van der Waals surface area contributed by atoms with E-state index in [2.05, 4.69) is 0 Å². The van der Waals surface area contributed by atoms with Crippen molar-refractivity contribution in [3.05, 3.63) is 99.8 Å². The molecule has 0 N–H and O–H groups in total. The summed E-state index contributed by atoms with van der Waals surface area (Å²) in [5.74, 6) is -3.67. The van der Waals surface area contributed by atoms with Crippen LogP contribution in [0.15, 0.2) is 54.6 Å². The van der Waals surface area contributed by atoms with Crippen LogP contribution < -0.4 is 4.74 Å². The van der Waals surface area contributed by atoms with Gasteiger partial charge in [0.1, 0.15) is 39.9 Å². The van der Waals surface area contributed by atoms with Crippen LogP contribution in [0.25, 0.3) is 21.9 Å². The monoisotopic (exact) mass is 490 g/mol. The predicted octanol–water partition coefficient (Wildman–Crippen LogP) is 8.43. The second-order valence-electron chi connectivity index (χ2n) is 7.96. The molecule has 0 saturated heterocycles. The molecule has 0 amide bonds. The van der Waals surface area contributed by atoms with Crippen LogP contribution in [-0.2, 0) is 12.8 Å². The highest BCUT2D eigenvalue weighted by Crippen LogP contribution is 2.33. The van der Waals surface area contributed by atoms with Gasteiger partial charge in [-0.2, -0.15) is 0 Å². The summed E-state index contributed by atoms with van der Waals surface area (Å²) in [5.41, 5.74) is 0.753. The van der Waals surface area contributed by atoms with E-state index in [1.165, 1.54) is 18.2 Å². The van der Waals surface area contributed by atoms with Crippen molar-refractivity contribution in [1.29, 1.82) is 0 Å². The minimum atomic E-state index is -0.868. The Hall–Kier alpha value is -3.12. The van der Waals surface area contributed by atoms with Crippen molar-refractivity contribution >= 4 is 22.4 Å². The van der Waals surface area contributed by atoms with Gasteiger partial charge < -0.3 is 4.74 Å². The van der Waals surface area contributed by atoms with Crippen molar-refractivity contribution in [2.24, 2.45) is 0 Å². The van der Waals surface area contributed by atoms with E-state index in [1.807, 2.05) is 6.92 Å². The fourth-order valence-electron chi connectivity index (χ4n) is 3.85. The van der Waals surface area contributed by atoms with Gasteiger partial charge in [-0.3, -0.25) is 0 Å². The summed E-state index contributed by atoms with van der Waals surface area (Å²) in [6.45, 7) is 2.23. The molecular weight excluding hydrogens is 471 g/mol. The number of aryl methyl sites for hydroxylation is 2. The average Bonchev–Trinajstić information content (AvgIpc) is 2.80. The van der Waals surface area contributed by atoms with Crippen LogP contribution in [-0.4, -0.2) is 6.61 Å². The zero-order valence-corrected chi connectivity index (χ0v) is 19.0. The first-order chi connectivity index (χ1) is 16.3. The van der Waals surface area contributed by atoms with Crippen molar-refractivity contribution in [3.63, 3.8) is 0 Å². The molecule has 0 aromatic heterocycles. The zero-order chi connectivity index (χ0) is 24.4. The lowest BCUT2D eigenvalue weighted by molar-refractivity contribution is 0.314. The first kappa shape index (κ1) is 24.0. The lowest BCUT2D eigenvalue weighted by Crippen LogP contribution is -1.99. The van der Waals surface area contributed by atoms with Gasteiger partial charge in [0.25, 0.3) is 0 Å². The van der Waals surface area contributed by atoms with Gasteiger partial charge in [0.15, 0.2) is 0 Å². The molecule has 4 rings (SSSR count).